The molecular formula is C23H21N5O4S. The molecule has 9 nitrogen and oxygen atoms in total. The van der Waals surface area contributed by atoms with Gasteiger partial charge in [-0.25, -0.2) is 18.4 Å². The van der Waals surface area contributed by atoms with E-state index in [0.717, 1.165) is 11.1 Å². The fourth-order valence-corrected chi connectivity index (χ4v) is 5.87. The van der Waals surface area contributed by atoms with E-state index in [1.54, 1.807) is 24.5 Å². The van der Waals surface area contributed by atoms with Crippen LogP contribution >= 0.6 is 0 Å². The van der Waals surface area contributed by atoms with Gasteiger partial charge in [0.2, 0.25) is 5.89 Å². The average molecular weight is 464 g/mol. The summed E-state index contributed by atoms with van der Waals surface area (Å²) < 4.78 is 31.1. The Labute approximate surface area is 190 Å². The fourth-order valence-electron chi connectivity index (χ4n) is 4.19. The number of aromatic nitrogens is 3. The van der Waals surface area contributed by atoms with Crippen LogP contribution in [0.25, 0.3) is 22.5 Å². The van der Waals surface area contributed by atoms with E-state index in [9.17, 15) is 13.5 Å². The van der Waals surface area contributed by atoms with Gasteiger partial charge >= 0.3 is 0 Å². The molecule has 0 amide bonds. The molecule has 1 fully saturated rings. The molecule has 0 spiro atoms. The number of oxazole rings is 1. The number of fused-ring (bicyclic) bond motifs is 1. The molecule has 3 N–H and O–H groups in total. The van der Waals surface area contributed by atoms with Crippen molar-refractivity contribution >= 4 is 26.6 Å². The lowest BCUT2D eigenvalue weighted by molar-refractivity contribution is 0.276. The molecule has 1 aromatic carbocycles. The first-order valence-electron chi connectivity index (χ1n) is 10.5. The van der Waals surface area contributed by atoms with Crippen LogP contribution in [0.1, 0.15) is 24.1 Å². The number of hydrogen-bond donors (Lipinski definition) is 3. The van der Waals surface area contributed by atoms with Gasteiger partial charge in [0.15, 0.2) is 9.84 Å². The highest BCUT2D eigenvalue weighted by Gasteiger charge is 2.34. The molecule has 0 bridgehead atoms. The molecule has 0 atom stereocenters. The van der Waals surface area contributed by atoms with Crippen molar-refractivity contribution in [2.75, 3.05) is 11.1 Å². The van der Waals surface area contributed by atoms with Crippen molar-refractivity contribution in [3.05, 3.63) is 60.2 Å². The Morgan fingerprint density at radius 1 is 1.30 bits per heavy atom. The minimum atomic E-state index is -3.47. The van der Waals surface area contributed by atoms with Gasteiger partial charge in [0.25, 0.3) is 0 Å². The first-order chi connectivity index (χ1) is 16.0. The van der Waals surface area contributed by atoms with E-state index in [2.05, 4.69) is 20.3 Å². The van der Waals surface area contributed by atoms with Crippen molar-refractivity contribution in [1.29, 1.82) is 5.26 Å². The Balaban J connectivity index is 1.32. The smallest absolute Gasteiger partial charge is 0.229 e. The first kappa shape index (κ1) is 21.2. The zero-order chi connectivity index (χ0) is 23.0. The van der Waals surface area contributed by atoms with Crippen LogP contribution in [0.2, 0.25) is 0 Å². The van der Waals surface area contributed by atoms with E-state index >= 15 is 0 Å². The maximum absolute atomic E-state index is 12.8. The molecule has 1 aliphatic carbocycles. The minimum Gasteiger partial charge on any atom is -0.444 e. The van der Waals surface area contributed by atoms with Crippen LogP contribution in [0.15, 0.2) is 58.3 Å². The van der Waals surface area contributed by atoms with Crippen molar-refractivity contribution < 1.29 is 17.9 Å². The van der Waals surface area contributed by atoms with E-state index in [1.807, 2.05) is 12.1 Å². The van der Waals surface area contributed by atoms with Gasteiger partial charge < -0.3 is 19.8 Å². The molecule has 168 valence electrons. The molecule has 0 aliphatic heterocycles. The summed E-state index contributed by atoms with van der Waals surface area (Å²) in [5.74, 6) is 0.420. The maximum Gasteiger partial charge on any atom is 0.229 e. The van der Waals surface area contributed by atoms with E-state index in [0.29, 0.717) is 41.2 Å². The number of pyridine rings is 1. The van der Waals surface area contributed by atoms with E-state index in [1.165, 1.54) is 18.4 Å². The normalized spacial score (nSPS) is 18.1. The number of sulfone groups is 1. The molecule has 10 heteroatoms. The van der Waals surface area contributed by atoms with Gasteiger partial charge in [-0.1, -0.05) is 6.07 Å². The summed E-state index contributed by atoms with van der Waals surface area (Å²) in [6, 6.07) is 10.1. The van der Waals surface area contributed by atoms with Crippen molar-refractivity contribution in [1.82, 2.24) is 15.0 Å². The molecule has 33 heavy (non-hydrogen) atoms. The van der Waals surface area contributed by atoms with Crippen molar-refractivity contribution in [2.45, 2.75) is 30.4 Å². The molecule has 4 aromatic rings. The first-order valence-corrected chi connectivity index (χ1v) is 12.1. The highest BCUT2D eigenvalue weighted by atomic mass is 32.2. The summed E-state index contributed by atoms with van der Waals surface area (Å²) in [6.07, 6.45) is 6.26. The quantitative estimate of drug-likeness (QED) is 0.379. The Morgan fingerprint density at radius 3 is 2.91 bits per heavy atom. The minimum absolute atomic E-state index is 0.0213. The molecule has 0 radical (unpaired) electrons. The molecule has 0 unspecified atom stereocenters. The molecule has 1 saturated carbocycles. The Bertz CT molecular complexity index is 1460. The number of benzene rings is 1. The number of nitrogens with zero attached hydrogens (tertiary/aromatic N) is 3. The molecule has 3 heterocycles. The van der Waals surface area contributed by atoms with Crippen LogP contribution < -0.4 is 5.32 Å². The molecule has 1 aliphatic rings. The summed E-state index contributed by atoms with van der Waals surface area (Å²) in [6.45, 7) is -0.220. The van der Waals surface area contributed by atoms with Crippen molar-refractivity contribution in [3.8, 4) is 17.5 Å². The lowest BCUT2D eigenvalue weighted by Gasteiger charge is -2.36. The molecular weight excluding hydrogens is 442 g/mol. The topological polar surface area (TPSA) is 145 Å². The summed E-state index contributed by atoms with van der Waals surface area (Å²) in [7, 11) is -3.47. The van der Waals surface area contributed by atoms with Gasteiger partial charge in [-0.15, -0.1) is 0 Å². The van der Waals surface area contributed by atoms with Crippen LogP contribution in [0, 0.1) is 17.2 Å². The second-order valence-corrected chi connectivity index (χ2v) is 10.2. The third-order valence-electron chi connectivity index (χ3n) is 5.89. The lowest BCUT2D eigenvalue weighted by atomic mass is 9.81. The van der Waals surface area contributed by atoms with Gasteiger partial charge in [0, 0.05) is 23.8 Å². The molecule has 5 rings (SSSR count). The number of aliphatic hydroxyl groups excluding tert-OH is 1. The zero-order valence-corrected chi connectivity index (χ0v) is 18.3. The Kier molecular flexibility index (Phi) is 5.36. The summed E-state index contributed by atoms with van der Waals surface area (Å²) in [5, 5.41) is 22.7. The monoisotopic (exact) mass is 463 g/mol. The van der Waals surface area contributed by atoms with Crippen LogP contribution in [0.3, 0.4) is 0 Å². The van der Waals surface area contributed by atoms with Gasteiger partial charge in [-0.05, 0) is 43.0 Å². The van der Waals surface area contributed by atoms with Crippen LogP contribution in [0.5, 0.6) is 0 Å². The second-order valence-electron chi connectivity index (χ2n) is 8.19. The number of H-pyrrole nitrogens is 1. The average Bonchev–Trinajstić information content (AvgIpc) is 3.47. The number of nitriles is 1. The number of hydrogen-bond acceptors (Lipinski definition) is 8. The molecule has 0 saturated heterocycles. The second kappa shape index (κ2) is 8.35. The fraction of sp³-hybridized carbons (Fsp3) is 0.261. The number of anilines is 1. The number of aliphatic hydroxyl groups is 1. The summed E-state index contributed by atoms with van der Waals surface area (Å²) in [5.41, 5.74) is 2.96. The SMILES string of the molecule is N#Cc1cccc(S(=O)(=O)CC2CC(Nc3c(-c4nc(CO)co4)cnc4[nH]ccc34)C2)c1. The standard InChI is InChI=1S/C23H21N5O4S/c24-9-14-2-1-3-18(8-14)33(30,31)13-15-6-16(7-15)27-21-19-4-5-25-22(19)26-10-20(21)23-28-17(11-29)12-32-23/h1-5,8,10,12,15-16,29H,6-7,11,13H2,(H2,25,26,27). The third-order valence-corrected chi connectivity index (χ3v) is 7.77. The maximum atomic E-state index is 12.8. The Hall–Kier alpha value is -3.68. The third kappa shape index (κ3) is 4.08. The highest BCUT2D eigenvalue weighted by molar-refractivity contribution is 7.91. The van der Waals surface area contributed by atoms with Gasteiger partial charge in [0.05, 0.1) is 40.1 Å². The number of aromatic amines is 1. The van der Waals surface area contributed by atoms with Crippen molar-refractivity contribution in [3.63, 3.8) is 0 Å². The predicted molar refractivity (Wildman–Crippen MR) is 121 cm³/mol. The van der Waals surface area contributed by atoms with Gasteiger partial charge in [-0.3, -0.25) is 0 Å². The van der Waals surface area contributed by atoms with E-state index < -0.39 is 9.84 Å². The van der Waals surface area contributed by atoms with E-state index in [-0.39, 0.29) is 29.2 Å². The van der Waals surface area contributed by atoms with Crippen LogP contribution in [0.4, 0.5) is 5.69 Å². The Morgan fingerprint density at radius 2 is 2.15 bits per heavy atom. The molecule has 3 aromatic heterocycles. The summed E-state index contributed by atoms with van der Waals surface area (Å²) >= 11 is 0. The zero-order valence-electron chi connectivity index (χ0n) is 17.5. The highest BCUT2D eigenvalue weighted by Crippen LogP contribution is 2.38. The van der Waals surface area contributed by atoms with Gasteiger partial charge in [-0.2, -0.15) is 5.26 Å². The lowest BCUT2D eigenvalue weighted by Crippen LogP contribution is -2.39. The van der Waals surface area contributed by atoms with Crippen molar-refractivity contribution in [2.24, 2.45) is 5.92 Å². The van der Waals surface area contributed by atoms with Gasteiger partial charge in [0.1, 0.15) is 17.6 Å². The van der Waals surface area contributed by atoms with Crippen LogP contribution in [-0.2, 0) is 16.4 Å². The number of nitrogens with one attached hydrogen (secondary N) is 2. The largest absolute Gasteiger partial charge is 0.444 e. The summed E-state index contributed by atoms with van der Waals surface area (Å²) in [4.78, 5) is 12.0. The number of rotatable bonds is 7. The van der Waals surface area contributed by atoms with E-state index in [4.69, 9.17) is 9.68 Å². The van der Waals surface area contributed by atoms with Crippen LogP contribution in [-0.4, -0.2) is 40.3 Å². The predicted octanol–water partition coefficient (Wildman–Crippen LogP) is 3.25.